The van der Waals surface area contributed by atoms with Crippen LogP contribution in [-0.2, 0) is 16.1 Å². The summed E-state index contributed by atoms with van der Waals surface area (Å²) in [5, 5.41) is 4.86. The van der Waals surface area contributed by atoms with E-state index in [0.717, 1.165) is 22.1 Å². The lowest BCUT2D eigenvalue weighted by atomic mass is 10.1. The van der Waals surface area contributed by atoms with E-state index in [1.807, 2.05) is 72.8 Å². The molecule has 4 aromatic rings. The molecule has 0 bridgehead atoms. The predicted molar refractivity (Wildman–Crippen MR) is 120 cm³/mol. The molecule has 0 spiro atoms. The van der Waals surface area contributed by atoms with E-state index < -0.39 is 11.9 Å². The molecular weight excluding hydrogens is 390 g/mol. The zero-order valence-electron chi connectivity index (χ0n) is 16.8. The summed E-state index contributed by atoms with van der Waals surface area (Å²) in [4.78, 5) is 24.4. The molecule has 4 rings (SSSR count). The second-order valence-corrected chi connectivity index (χ2v) is 6.98. The average Bonchev–Trinajstić information content (AvgIpc) is 2.82. The number of amides is 1. The number of rotatable bonds is 7. The molecule has 31 heavy (non-hydrogen) atoms. The predicted octanol–water partition coefficient (Wildman–Crippen LogP) is 5.21. The van der Waals surface area contributed by atoms with E-state index >= 15 is 0 Å². The number of fused-ring (bicyclic) bond motifs is 1. The van der Waals surface area contributed by atoms with E-state index in [2.05, 4.69) is 5.32 Å². The molecular formula is C26H21NO4. The van der Waals surface area contributed by atoms with Crippen molar-refractivity contribution in [1.29, 1.82) is 0 Å². The Hall–Kier alpha value is -4.12. The normalized spacial score (nSPS) is 10.5. The number of anilines is 1. The minimum Gasteiger partial charge on any atom is -0.489 e. The van der Waals surface area contributed by atoms with Crippen molar-refractivity contribution in [3.63, 3.8) is 0 Å². The molecule has 0 heterocycles. The van der Waals surface area contributed by atoms with Crippen molar-refractivity contribution in [3.05, 3.63) is 108 Å². The van der Waals surface area contributed by atoms with E-state index in [1.54, 1.807) is 24.3 Å². The number of esters is 1. The molecule has 0 aromatic heterocycles. The summed E-state index contributed by atoms with van der Waals surface area (Å²) < 4.78 is 10.8. The number of hydrogen-bond donors (Lipinski definition) is 1. The smallest absolute Gasteiger partial charge is 0.338 e. The van der Waals surface area contributed by atoms with Crippen LogP contribution < -0.4 is 10.1 Å². The Balaban J connectivity index is 1.27. The van der Waals surface area contributed by atoms with Crippen LogP contribution >= 0.6 is 0 Å². The maximum Gasteiger partial charge on any atom is 0.338 e. The Morgan fingerprint density at radius 3 is 2.23 bits per heavy atom. The van der Waals surface area contributed by atoms with Crippen LogP contribution in [0.5, 0.6) is 5.75 Å². The average molecular weight is 411 g/mol. The van der Waals surface area contributed by atoms with E-state index in [1.165, 1.54) is 0 Å². The van der Waals surface area contributed by atoms with Crippen molar-refractivity contribution in [2.75, 3.05) is 11.9 Å². The quantitative estimate of drug-likeness (QED) is 0.424. The number of carbonyl (C=O) groups is 2. The summed E-state index contributed by atoms with van der Waals surface area (Å²) in [5.74, 6) is -0.163. The topological polar surface area (TPSA) is 64.6 Å². The second-order valence-electron chi connectivity index (χ2n) is 6.98. The zero-order chi connectivity index (χ0) is 21.5. The Morgan fingerprint density at radius 1 is 0.742 bits per heavy atom. The Labute approximate surface area is 180 Å². The largest absolute Gasteiger partial charge is 0.489 e. The van der Waals surface area contributed by atoms with E-state index in [0.29, 0.717) is 17.9 Å². The summed E-state index contributed by atoms with van der Waals surface area (Å²) in [6, 6.07) is 29.9. The molecule has 1 amide bonds. The molecule has 5 heteroatoms. The van der Waals surface area contributed by atoms with Crippen LogP contribution in [0.25, 0.3) is 10.8 Å². The number of para-hydroxylation sites is 1. The summed E-state index contributed by atoms with van der Waals surface area (Å²) in [7, 11) is 0. The van der Waals surface area contributed by atoms with Gasteiger partial charge in [-0.25, -0.2) is 4.79 Å². The number of benzene rings is 4. The fraction of sp³-hybridized carbons (Fsp3) is 0.0769. The molecule has 0 saturated carbocycles. The van der Waals surface area contributed by atoms with Crippen LogP contribution in [0.15, 0.2) is 97.1 Å². The minimum absolute atomic E-state index is 0.357. The Kier molecular flexibility index (Phi) is 6.24. The van der Waals surface area contributed by atoms with Crippen molar-refractivity contribution < 1.29 is 19.1 Å². The summed E-state index contributed by atoms with van der Waals surface area (Å²) in [5.41, 5.74) is 1.96. The van der Waals surface area contributed by atoms with Gasteiger partial charge in [0.25, 0.3) is 5.91 Å². The molecule has 4 aromatic carbocycles. The summed E-state index contributed by atoms with van der Waals surface area (Å²) in [6.07, 6.45) is 0. The number of hydrogen-bond acceptors (Lipinski definition) is 4. The molecule has 0 saturated heterocycles. The second kappa shape index (κ2) is 9.59. The molecule has 154 valence electrons. The van der Waals surface area contributed by atoms with Gasteiger partial charge in [-0.05, 0) is 52.7 Å². The lowest BCUT2D eigenvalue weighted by Crippen LogP contribution is -2.20. The van der Waals surface area contributed by atoms with Gasteiger partial charge in [0.1, 0.15) is 12.4 Å². The molecule has 1 N–H and O–H groups in total. The van der Waals surface area contributed by atoms with Gasteiger partial charge in [-0.1, -0.05) is 60.7 Å². The van der Waals surface area contributed by atoms with Gasteiger partial charge in [0.05, 0.1) is 5.56 Å². The highest BCUT2D eigenvalue weighted by Crippen LogP contribution is 2.19. The van der Waals surface area contributed by atoms with Gasteiger partial charge in [-0.2, -0.15) is 0 Å². The van der Waals surface area contributed by atoms with Gasteiger partial charge in [0.2, 0.25) is 0 Å². The van der Waals surface area contributed by atoms with Crippen LogP contribution in [0, 0.1) is 0 Å². The van der Waals surface area contributed by atoms with Gasteiger partial charge in [-0.15, -0.1) is 0 Å². The Bertz CT molecular complexity index is 1190. The number of nitrogens with one attached hydrogen (secondary N) is 1. The molecule has 0 radical (unpaired) electrons. The highest BCUT2D eigenvalue weighted by molar-refractivity contribution is 5.97. The van der Waals surface area contributed by atoms with Gasteiger partial charge >= 0.3 is 5.97 Å². The lowest BCUT2D eigenvalue weighted by Gasteiger charge is -2.09. The third kappa shape index (κ3) is 5.48. The molecule has 5 nitrogen and oxygen atoms in total. The molecule has 0 unspecified atom stereocenters. The first-order valence-corrected chi connectivity index (χ1v) is 9.90. The number of carbonyl (C=O) groups excluding carboxylic acids is 2. The highest BCUT2D eigenvalue weighted by Gasteiger charge is 2.11. The Morgan fingerprint density at radius 2 is 1.45 bits per heavy atom. The minimum atomic E-state index is -0.552. The first-order chi connectivity index (χ1) is 15.2. The van der Waals surface area contributed by atoms with Crippen molar-refractivity contribution in [2.45, 2.75) is 6.61 Å². The molecule has 0 aliphatic rings. The van der Waals surface area contributed by atoms with Crippen LogP contribution in [0.1, 0.15) is 15.9 Å². The number of ether oxygens (including phenoxy) is 2. The third-order valence-electron chi connectivity index (χ3n) is 4.71. The first kappa shape index (κ1) is 20.2. The van der Waals surface area contributed by atoms with Crippen molar-refractivity contribution >= 4 is 28.3 Å². The molecule has 0 aliphatic heterocycles. The standard InChI is InChI=1S/C26H21NO4/c28-25(27-23-15-14-20-6-4-5-7-22(20)16-23)18-31-26(29)21-12-10-19(11-13-21)17-30-24-8-2-1-3-9-24/h1-16H,17-18H2,(H,27,28). The van der Waals surface area contributed by atoms with Crippen molar-refractivity contribution in [1.82, 2.24) is 0 Å². The van der Waals surface area contributed by atoms with Crippen LogP contribution in [0.3, 0.4) is 0 Å². The van der Waals surface area contributed by atoms with Crippen LogP contribution in [0.4, 0.5) is 5.69 Å². The van der Waals surface area contributed by atoms with Gasteiger partial charge in [0.15, 0.2) is 6.61 Å². The maximum atomic E-state index is 12.2. The van der Waals surface area contributed by atoms with Crippen LogP contribution in [0.2, 0.25) is 0 Å². The van der Waals surface area contributed by atoms with E-state index in [-0.39, 0.29) is 6.61 Å². The third-order valence-corrected chi connectivity index (χ3v) is 4.71. The lowest BCUT2D eigenvalue weighted by molar-refractivity contribution is -0.119. The monoisotopic (exact) mass is 411 g/mol. The maximum absolute atomic E-state index is 12.2. The highest BCUT2D eigenvalue weighted by atomic mass is 16.5. The SMILES string of the molecule is O=C(COC(=O)c1ccc(COc2ccccc2)cc1)Nc1ccc2ccccc2c1. The first-order valence-electron chi connectivity index (χ1n) is 9.90. The van der Waals surface area contributed by atoms with Crippen molar-refractivity contribution in [3.8, 4) is 5.75 Å². The summed E-state index contributed by atoms with van der Waals surface area (Å²) >= 11 is 0. The molecule has 0 fully saturated rings. The van der Waals surface area contributed by atoms with Crippen molar-refractivity contribution in [2.24, 2.45) is 0 Å². The zero-order valence-corrected chi connectivity index (χ0v) is 16.8. The molecule has 0 atom stereocenters. The van der Waals surface area contributed by atoms with Crippen LogP contribution in [-0.4, -0.2) is 18.5 Å². The summed E-state index contributed by atoms with van der Waals surface area (Å²) in [6.45, 7) is 0.0397. The fourth-order valence-electron chi connectivity index (χ4n) is 3.10. The molecule has 0 aliphatic carbocycles. The van der Waals surface area contributed by atoms with Gasteiger partial charge in [-0.3, -0.25) is 4.79 Å². The van der Waals surface area contributed by atoms with E-state index in [9.17, 15) is 9.59 Å². The van der Waals surface area contributed by atoms with E-state index in [4.69, 9.17) is 9.47 Å². The fourth-order valence-corrected chi connectivity index (χ4v) is 3.10. The van der Waals surface area contributed by atoms with Gasteiger partial charge < -0.3 is 14.8 Å². The van der Waals surface area contributed by atoms with Gasteiger partial charge in [0, 0.05) is 5.69 Å².